The highest BCUT2D eigenvalue weighted by Crippen LogP contribution is 2.52. The number of rotatable bonds is 4. The number of nitrogens with one attached hydrogen (secondary N) is 1. The average molecular weight is 419 g/mol. The molecular weight excluding hydrogens is 392 g/mol. The molecule has 4 fully saturated rings. The molecule has 1 aliphatic heterocycles. The van der Waals surface area contributed by atoms with Crippen LogP contribution >= 0.6 is 0 Å². The molecule has 2 aromatic rings. The van der Waals surface area contributed by atoms with Gasteiger partial charge in [-0.2, -0.15) is 10.2 Å². The van der Waals surface area contributed by atoms with E-state index in [0.717, 1.165) is 75.8 Å². The van der Waals surface area contributed by atoms with Gasteiger partial charge in [0.05, 0.1) is 6.07 Å². The minimum atomic E-state index is -0.700. The molecule has 0 atom stereocenters. The quantitative estimate of drug-likeness (QED) is 0.822. The average Bonchev–Trinajstić information content (AvgIpc) is 3.68. The van der Waals surface area contributed by atoms with Crippen LogP contribution in [0.5, 0.6) is 0 Å². The first kappa shape index (κ1) is 18.8. The fourth-order valence-corrected chi connectivity index (χ4v) is 5.40. The van der Waals surface area contributed by atoms with Crippen molar-refractivity contribution >= 4 is 23.4 Å². The third kappa shape index (κ3) is 3.10. The lowest BCUT2D eigenvalue weighted by molar-refractivity contribution is -0.149. The van der Waals surface area contributed by atoms with Crippen molar-refractivity contribution in [1.29, 1.82) is 5.26 Å². The van der Waals surface area contributed by atoms with Crippen LogP contribution in [-0.4, -0.2) is 44.4 Å². The number of carbonyl (C=O) groups is 2. The van der Waals surface area contributed by atoms with Gasteiger partial charge in [-0.3, -0.25) is 14.9 Å². The van der Waals surface area contributed by atoms with Gasteiger partial charge in [0.15, 0.2) is 5.65 Å². The number of aromatic nitrogens is 3. The summed E-state index contributed by atoms with van der Waals surface area (Å²) in [6.45, 7) is 1.60. The maximum absolute atomic E-state index is 12.6. The van der Waals surface area contributed by atoms with Gasteiger partial charge < -0.3 is 4.90 Å². The molecule has 1 N–H and O–H groups in total. The number of amides is 2. The van der Waals surface area contributed by atoms with Crippen molar-refractivity contribution in [1.82, 2.24) is 19.5 Å². The summed E-state index contributed by atoms with van der Waals surface area (Å²) < 4.78 is 1.88. The molecule has 8 heteroatoms. The van der Waals surface area contributed by atoms with Crippen molar-refractivity contribution in [3.63, 3.8) is 0 Å². The number of hydrogen-bond acceptors (Lipinski definition) is 5. The van der Waals surface area contributed by atoms with Gasteiger partial charge in [-0.1, -0.05) is 6.07 Å². The molecule has 0 radical (unpaired) electrons. The first-order valence-corrected chi connectivity index (χ1v) is 11.4. The Morgan fingerprint density at radius 2 is 1.84 bits per heavy atom. The molecule has 160 valence electrons. The Morgan fingerprint density at radius 3 is 2.48 bits per heavy atom. The Kier molecular flexibility index (Phi) is 3.95. The lowest BCUT2D eigenvalue weighted by Gasteiger charge is -2.54. The minimum Gasteiger partial charge on any atom is -0.340 e. The molecule has 0 unspecified atom stereocenters. The summed E-state index contributed by atoms with van der Waals surface area (Å²) in [5, 5.41) is 16.7. The Hall–Kier alpha value is -2.95. The summed E-state index contributed by atoms with van der Waals surface area (Å²) in [7, 11) is 0. The van der Waals surface area contributed by atoms with Crippen LogP contribution in [0, 0.1) is 28.1 Å². The molecule has 6 rings (SSSR count). The molecule has 1 spiro atoms. The third-order valence-corrected chi connectivity index (χ3v) is 7.75. The molecule has 2 aromatic heterocycles. The van der Waals surface area contributed by atoms with Crippen molar-refractivity contribution in [3.8, 4) is 6.07 Å². The van der Waals surface area contributed by atoms with Crippen molar-refractivity contribution < 1.29 is 9.59 Å². The number of pyridine rings is 1. The lowest BCUT2D eigenvalue weighted by atomic mass is 9.65. The number of nitrogens with zero attached hydrogens (tertiary/aromatic N) is 5. The largest absolute Gasteiger partial charge is 0.340 e. The topological polar surface area (TPSA) is 103 Å². The van der Waals surface area contributed by atoms with Gasteiger partial charge in [0.2, 0.25) is 17.8 Å². The second-order valence-electron chi connectivity index (χ2n) is 10.0. The number of hydrogen-bond donors (Lipinski definition) is 1. The van der Waals surface area contributed by atoms with E-state index in [1.165, 1.54) is 0 Å². The van der Waals surface area contributed by atoms with Crippen LogP contribution in [0.25, 0.3) is 5.65 Å². The highest BCUT2D eigenvalue weighted by molar-refractivity contribution is 5.92. The van der Waals surface area contributed by atoms with Crippen molar-refractivity contribution in [2.24, 2.45) is 16.7 Å². The van der Waals surface area contributed by atoms with E-state index >= 15 is 0 Å². The molecule has 1 saturated heterocycles. The normalized spacial score (nSPS) is 23.9. The van der Waals surface area contributed by atoms with Gasteiger partial charge in [0.25, 0.3) is 0 Å². The van der Waals surface area contributed by atoms with E-state index in [9.17, 15) is 14.9 Å². The summed E-state index contributed by atoms with van der Waals surface area (Å²) in [5.74, 6) is 0.969. The Bertz CT molecular complexity index is 1110. The first-order chi connectivity index (χ1) is 15.0. The van der Waals surface area contributed by atoms with Crippen molar-refractivity contribution in [2.45, 2.75) is 57.3 Å². The van der Waals surface area contributed by atoms with Crippen LogP contribution in [0.15, 0.2) is 18.2 Å². The monoisotopic (exact) mass is 418 g/mol. The molecule has 0 bridgehead atoms. The van der Waals surface area contributed by atoms with E-state index in [2.05, 4.69) is 27.5 Å². The standard InChI is InChI=1S/C23H26N6O2/c24-12-23(10-11-23)20(31)28-13-22(14-28)8-6-15(7-9-22)17-2-1-3-18-25-21(27-29(17)18)26-19(30)16-4-5-16/h1-3,15-16H,4-11,13-14H2,(H,26,27,30). The van der Waals surface area contributed by atoms with Crippen molar-refractivity contribution in [3.05, 3.63) is 23.9 Å². The predicted molar refractivity (Wildman–Crippen MR) is 112 cm³/mol. The Morgan fingerprint density at radius 1 is 1.10 bits per heavy atom. The molecule has 3 heterocycles. The highest BCUT2D eigenvalue weighted by atomic mass is 16.2. The summed E-state index contributed by atoms with van der Waals surface area (Å²) in [4.78, 5) is 31.0. The summed E-state index contributed by atoms with van der Waals surface area (Å²) in [6.07, 6.45) is 7.61. The molecule has 31 heavy (non-hydrogen) atoms. The van der Waals surface area contributed by atoms with Gasteiger partial charge in [0, 0.05) is 36.0 Å². The van der Waals surface area contributed by atoms with E-state index < -0.39 is 5.41 Å². The fraction of sp³-hybridized carbons (Fsp3) is 0.609. The minimum absolute atomic E-state index is 0.0190. The molecular formula is C23H26N6O2. The molecule has 3 saturated carbocycles. The number of likely N-dealkylation sites (tertiary alicyclic amines) is 1. The summed E-state index contributed by atoms with van der Waals surface area (Å²) in [5.41, 5.74) is 1.42. The van der Waals surface area contributed by atoms with E-state index in [1.54, 1.807) is 0 Å². The van der Waals surface area contributed by atoms with E-state index in [0.29, 0.717) is 11.9 Å². The van der Waals surface area contributed by atoms with E-state index in [-0.39, 0.29) is 23.1 Å². The second-order valence-corrected chi connectivity index (χ2v) is 10.0. The molecule has 4 aliphatic rings. The number of fused-ring (bicyclic) bond motifs is 1. The second kappa shape index (κ2) is 6.52. The lowest BCUT2D eigenvalue weighted by Crippen LogP contribution is -2.60. The van der Waals surface area contributed by atoms with Crippen LogP contribution in [0.3, 0.4) is 0 Å². The maximum Gasteiger partial charge on any atom is 0.249 e. The van der Waals surface area contributed by atoms with Gasteiger partial charge in [-0.05, 0) is 63.5 Å². The zero-order chi connectivity index (χ0) is 21.2. The zero-order valence-electron chi connectivity index (χ0n) is 17.5. The van der Waals surface area contributed by atoms with E-state index in [1.807, 2.05) is 21.5 Å². The van der Waals surface area contributed by atoms with Crippen molar-refractivity contribution in [2.75, 3.05) is 18.4 Å². The molecule has 0 aromatic carbocycles. The smallest absolute Gasteiger partial charge is 0.249 e. The first-order valence-electron chi connectivity index (χ1n) is 11.4. The van der Waals surface area contributed by atoms with E-state index in [4.69, 9.17) is 0 Å². The highest BCUT2D eigenvalue weighted by Gasteiger charge is 2.57. The Labute approximate surface area is 180 Å². The van der Waals surface area contributed by atoms with Crippen LogP contribution in [-0.2, 0) is 9.59 Å². The van der Waals surface area contributed by atoms with Gasteiger partial charge in [0.1, 0.15) is 5.41 Å². The number of carbonyl (C=O) groups excluding carboxylic acids is 2. The number of nitriles is 1. The van der Waals surface area contributed by atoms with Crippen LogP contribution in [0.4, 0.5) is 5.95 Å². The van der Waals surface area contributed by atoms with Gasteiger partial charge >= 0.3 is 0 Å². The summed E-state index contributed by atoms with van der Waals surface area (Å²) >= 11 is 0. The summed E-state index contributed by atoms with van der Waals surface area (Å²) in [6, 6.07) is 8.27. The Balaban J connectivity index is 1.12. The third-order valence-electron chi connectivity index (χ3n) is 7.75. The van der Waals surface area contributed by atoms with Gasteiger partial charge in [-0.15, -0.1) is 5.10 Å². The molecule has 8 nitrogen and oxygen atoms in total. The molecule has 2 amide bonds. The molecule has 3 aliphatic carbocycles. The fourth-order valence-electron chi connectivity index (χ4n) is 5.40. The predicted octanol–water partition coefficient (Wildman–Crippen LogP) is 2.87. The SMILES string of the molecule is N#CC1(C(=O)N2CC3(CCC(c4cccc5nc(NC(=O)C6CC6)nn45)CC3)C2)CC1. The number of anilines is 1. The van der Waals surface area contributed by atoms with Gasteiger partial charge in [-0.25, -0.2) is 4.52 Å². The van der Waals surface area contributed by atoms with Crippen LogP contribution in [0.2, 0.25) is 0 Å². The van der Waals surface area contributed by atoms with Crippen LogP contribution in [0.1, 0.15) is 63.0 Å². The maximum atomic E-state index is 12.6. The zero-order valence-corrected chi connectivity index (χ0v) is 17.5. The van der Waals surface area contributed by atoms with Crippen LogP contribution < -0.4 is 5.32 Å².